The summed E-state index contributed by atoms with van der Waals surface area (Å²) in [4.78, 5) is 31.7. The fraction of sp³-hybridized carbons (Fsp3) is 0.643. The molecule has 1 saturated heterocycles. The number of urea groups is 1. The van der Waals surface area contributed by atoms with Crippen LogP contribution in [0.3, 0.4) is 0 Å². The number of nitrogens with zero attached hydrogens (tertiary/aromatic N) is 2. The summed E-state index contributed by atoms with van der Waals surface area (Å²) in [5, 5.41) is 33.5. The molecule has 3 amide bonds. The highest BCUT2D eigenvalue weighted by Gasteiger charge is 2.25. The minimum Gasteiger partial charge on any atom is -0.480 e. The van der Waals surface area contributed by atoms with Gasteiger partial charge in [-0.2, -0.15) is 0 Å². The normalized spacial score (nSPS) is 18.4. The number of carbonyl (C=O) groups excluding carboxylic acids is 2. The van der Waals surface area contributed by atoms with Crippen LogP contribution in [0.4, 0.5) is 4.79 Å². The van der Waals surface area contributed by atoms with Crippen LogP contribution in [-0.4, -0.2) is 70.2 Å². The lowest BCUT2D eigenvalue weighted by Gasteiger charge is -2.20. The molecular weight excluding hydrogens is 364 g/mol. The molecular formula is C14H24N6O7. The lowest BCUT2D eigenvalue weighted by molar-refractivity contribution is -0.141. The number of carboxylic acid groups (broad SMARTS) is 1. The SMILES string of the molecule is CC(N)=O.CC(O)C(NC(=O)NCc1nnc(C2COCCN2)o1)C(=O)O. The Morgan fingerprint density at radius 1 is 1.41 bits per heavy atom. The molecule has 0 saturated carbocycles. The van der Waals surface area contributed by atoms with E-state index >= 15 is 0 Å². The number of carbonyl (C=O) groups is 3. The quantitative estimate of drug-likeness (QED) is 0.312. The summed E-state index contributed by atoms with van der Waals surface area (Å²) in [6.07, 6.45) is -1.23. The molecule has 0 spiro atoms. The first-order valence-corrected chi connectivity index (χ1v) is 8.05. The van der Waals surface area contributed by atoms with Gasteiger partial charge in [0.15, 0.2) is 6.04 Å². The molecule has 3 unspecified atom stereocenters. The third-order valence-electron chi connectivity index (χ3n) is 3.14. The summed E-state index contributed by atoms with van der Waals surface area (Å²) in [6, 6.07) is -2.36. The van der Waals surface area contributed by atoms with E-state index in [0.717, 1.165) is 0 Å². The first-order valence-electron chi connectivity index (χ1n) is 8.05. The van der Waals surface area contributed by atoms with E-state index in [1.807, 2.05) is 0 Å². The first-order chi connectivity index (χ1) is 12.7. The summed E-state index contributed by atoms with van der Waals surface area (Å²) in [6.45, 7) is 4.22. The summed E-state index contributed by atoms with van der Waals surface area (Å²) in [5.41, 5.74) is 4.47. The molecule has 1 fully saturated rings. The standard InChI is InChI=1S/C12H19N5O6.C2H5NO/c1-6(18)9(11(19)20)15-12(21)14-4-8-16-17-10(23-8)7-5-22-3-2-13-7;1-2(3)4/h6-7,9,13,18H,2-5H2,1H3,(H,19,20)(H2,14,15,21);1H3,(H2,3,4). The average Bonchev–Trinajstić information content (AvgIpc) is 3.06. The van der Waals surface area contributed by atoms with Gasteiger partial charge in [-0.3, -0.25) is 4.79 Å². The number of hydrogen-bond donors (Lipinski definition) is 6. The maximum Gasteiger partial charge on any atom is 0.328 e. The third kappa shape index (κ3) is 8.44. The topological polar surface area (TPSA) is 202 Å². The van der Waals surface area contributed by atoms with Crippen molar-refractivity contribution in [3.8, 4) is 0 Å². The molecule has 3 atom stereocenters. The van der Waals surface area contributed by atoms with Crippen LogP contribution in [0.15, 0.2) is 4.42 Å². The predicted molar refractivity (Wildman–Crippen MR) is 89.2 cm³/mol. The van der Waals surface area contributed by atoms with E-state index < -0.39 is 24.1 Å². The minimum atomic E-state index is -1.41. The number of amides is 3. The number of aliphatic hydroxyl groups excluding tert-OH is 1. The molecule has 13 nitrogen and oxygen atoms in total. The maximum absolute atomic E-state index is 11.6. The van der Waals surface area contributed by atoms with Crippen LogP contribution in [0.5, 0.6) is 0 Å². The summed E-state index contributed by atoms with van der Waals surface area (Å²) < 4.78 is 10.7. The Balaban J connectivity index is 0.000000828. The van der Waals surface area contributed by atoms with E-state index in [1.165, 1.54) is 13.8 Å². The fourth-order valence-corrected chi connectivity index (χ4v) is 1.94. The van der Waals surface area contributed by atoms with Gasteiger partial charge in [-0.05, 0) is 6.92 Å². The molecule has 1 aliphatic heterocycles. The second-order valence-electron chi connectivity index (χ2n) is 5.61. The smallest absolute Gasteiger partial charge is 0.328 e. The highest BCUT2D eigenvalue weighted by atomic mass is 16.5. The lowest BCUT2D eigenvalue weighted by Crippen LogP contribution is -2.51. The van der Waals surface area contributed by atoms with Crippen LogP contribution >= 0.6 is 0 Å². The highest BCUT2D eigenvalue weighted by Crippen LogP contribution is 2.13. The second-order valence-corrected chi connectivity index (χ2v) is 5.61. The van der Waals surface area contributed by atoms with Crippen molar-refractivity contribution in [2.75, 3.05) is 19.8 Å². The van der Waals surface area contributed by atoms with E-state index in [0.29, 0.717) is 25.6 Å². The van der Waals surface area contributed by atoms with Crippen LogP contribution in [-0.2, 0) is 20.9 Å². The van der Waals surface area contributed by atoms with Crippen LogP contribution in [0, 0.1) is 0 Å². The van der Waals surface area contributed by atoms with Crippen molar-refractivity contribution in [2.45, 2.75) is 38.6 Å². The summed E-state index contributed by atoms with van der Waals surface area (Å²) >= 11 is 0. The van der Waals surface area contributed by atoms with Crippen molar-refractivity contribution in [1.29, 1.82) is 0 Å². The van der Waals surface area contributed by atoms with Crippen molar-refractivity contribution in [2.24, 2.45) is 5.73 Å². The largest absolute Gasteiger partial charge is 0.480 e. The number of nitrogens with two attached hydrogens (primary N) is 1. The van der Waals surface area contributed by atoms with Crippen LogP contribution in [0.2, 0.25) is 0 Å². The zero-order valence-electron chi connectivity index (χ0n) is 15.0. The molecule has 1 aliphatic rings. The Morgan fingerprint density at radius 3 is 2.59 bits per heavy atom. The van der Waals surface area contributed by atoms with Crippen LogP contribution < -0.4 is 21.7 Å². The van der Waals surface area contributed by atoms with E-state index in [1.54, 1.807) is 0 Å². The number of aliphatic hydroxyl groups is 1. The molecule has 27 heavy (non-hydrogen) atoms. The molecule has 1 aromatic heterocycles. The van der Waals surface area contributed by atoms with Crippen LogP contribution in [0.25, 0.3) is 0 Å². The second kappa shape index (κ2) is 11.1. The van der Waals surface area contributed by atoms with E-state index in [4.69, 9.17) is 14.3 Å². The van der Waals surface area contributed by atoms with Gasteiger partial charge in [-0.15, -0.1) is 10.2 Å². The van der Waals surface area contributed by atoms with E-state index in [-0.39, 0.29) is 24.4 Å². The van der Waals surface area contributed by atoms with Gasteiger partial charge in [0.05, 0.1) is 25.9 Å². The monoisotopic (exact) mass is 388 g/mol. The molecule has 152 valence electrons. The zero-order valence-corrected chi connectivity index (χ0v) is 15.0. The zero-order chi connectivity index (χ0) is 20.4. The number of aliphatic carboxylic acids is 1. The molecule has 0 bridgehead atoms. The number of primary amides is 1. The molecule has 0 radical (unpaired) electrons. The number of rotatable bonds is 6. The van der Waals surface area contributed by atoms with Gasteiger partial charge in [0, 0.05) is 13.5 Å². The number of aromatic nitrogens is 2. The van der Waals surface area contributed by atoms with Gasteiger partial charge < -0.3 is 41.1 Å². The van der Waals surface area contributed by atoms with Gasteiger partial charge in [0.1, 0.15) is 6.04 Å². The van der Waals surface area contributed by atoms with Gasteiger partial charge >= 0.3 is 12.0 Å². The molecule has 2 rings (SSSR count). The molecule has 7 N–H and O–H groups in total. The van der Waals surface area contributed by atoms with Crippen molar-refractivity contribution in [3.63, 3.8) is 0 Å². The number of ether oxygens (including phenoxy) is 1. The lowest BCUT2D eigenvalue weighted by atomic mass is 10.2. The average molecular weight is 388 g/mol. The Morgan fingerprint density at radius 2 is 2.07 bits per heavy atom. The highest BCUT2D eigenvalue weighted by molar-refractivity contribution is 5.82. The van der Waals surface area contributed by atoms with Crippen LogP contribution in [0.1, 0.15) is 31.7 Å². The Labute approximate surface area is 154 Å². The van der Waals surface area contributed by atoms with Gasteiger partial charge in [-0.1, -0.05) is 0 Å². The van der Waals surface area contributed by atoms with E-state index in [2.05, 4.69) is 31.9 Å². The van der Waals surface area contributed by atoms with Gasteiger partial charge in [-0.25, -0.2) is 9.59 Å². The Kier molecular flexibility index (Phi) is 9.12. The number of nitrogens with one attached hydrogen (secondary N) is 3. The maximum atomic E-state index is 11.6. The summed E-state index contributed by atoms with van der Waals surface area (Å²) in [5.74, 6) is -1.14. The summed E-state index contributed by atoms with van der Waals surface area (Å²) in [7, 11) is 0. The van der Waals surface area contributed by atoms with Crippen molar-refractivity contribution >= 4 is 17.9 Å². The van der Waals surface area contributed by atoms with E-state index in [9.17, 15) is 19.5 Å². The fourth-order valence-electron chi connectivity index (χ4n) is 1.94. The minimum absolute atomic E-state index is 0.0709. The number of hydrogen-bond acceptors (Lipinski definition) is 9. The molecule has 2 heterocycles. The first kappa shape index (κ1) is 22.3. The predicted octanol–water partition coefficient (Wildman–Crippen LogP) is -2.14. The number of carboxylic acids is 1. The van der Waals surface area contributed by atoms with Crippen molar-refractivity contribution in [1.82, 2.24) is 26.1 Å². The van der Waals surface area contributed by atoms with Crippen molar-refractivity contribution in [3.05, 3.63) is 11.8 Å². The molecule has 0 aromatic carbocycles. The molecule has 0 aliphatic carbocycles. The molecule has 13 heteroatoms. The Bertz CT molecular complexity index is 625. The number of morpholine rings is 1. The third-order valence-corrected chi connectivity index (χ3v) is 3.14. The van der Waals surface area contributed by atoms with Gasteiger partial charge in [0.25, 0.3) is 0 Å². The van der Waals surface area contributed by atoms with Crippen molar-refractivity contribution < 1.29 is 33.8 Å². The van der Waals surface area contributed by atoms with Gasteiger partial charge in [0.2, 0.25) is 17.7 Å². The Hall–Kier alpha value is -2.77. The molecule has 1 aromatic rings.